The van der Waals surface area contributed by atoms with E-state index in [1.165, 1.54) is 0 Å². The first-order chi connectivity index (χ1) is 3.56. The molecule has 8 heavy (non-hydrogen) atoms. The number of halogens is 3. The van der Waals surface area contributed by atoms with E-state index in [1.807, 2.05) is 0 Å². The molecule has 0 aliphatic carbocycles. The van der Waals surface area contributed by atoms with Crippen molar-refractivity contribution in [2.45, 2.75) is 6.18 Å². The van der Waals surface area contributed by atoms with Gasteiger partial charge in [-0.2, -0.15) is 13.2 Å². The average molecular weight is 129 g/mol. The van der Waals surface area contributed by atoms with E-state index >= 15 is 0 Å². The van der Waals surface area contributed by atoms with E-state index in [0.717, 1.165) is 0 Å². The minimum atomic E-state index is -4.46. The molecule has 48 valence electrons. The number of nitrogens with zero attached hydrogens (tertiary/aromatic N) is 1. The van der Waals surface area contributed by atoms with Crippen LogP contribution in [0.1, 0.15) is 0 Å². The zero-order valence-corrected chi connectivity index (χ0v) is 3.60. The van der Waals surface area contributed by atoms with Gasteiger partial charge in [0, 0.05) is 0 Å². The molecule has 0 aliphatic heterocycles. The summed E-state index contributed by atoms with van der Waals surface area (Å²) in [4.78, 5) is 12.0. The smallest absolute Gasteiger partial charge is 0.354 e. The average Bonchev–Trinajstić information content (AvgIpc) is 1.59. The van der Waals surface area contributed by atoms with Gasteiger partial charge in [-0.1, -0.05) is 0 Å². The molecule has 0 bridgehead atoms. The third-order valence-electron chi connectivity index (χ3n) is 0.281. The normalized spacial score (nSPS) is 10.9. The van der Waals surface area contributed by atoms with E-state index < -0.39 is 12.8 Å². The summed E-state index contributed by atoms with van der Waals surface area (Å²) in [6, 6.07) is 0. The quantitative estimate of drug-likeness (QED) is 0.415. The van der Waals surface area contributed by atoms with Crippen molar-refractivity contribution in [1.82, 2.24) is 0 Å². The van der Waals surface area contributed by atoms with E-state index in [-0.39, 0.29) is 0 Å². The van der Waals surface area contributed by atoms with Crippen LogP contribution in [0.2, 0.25) is 0 Å². The summed E-state index contributed by atoms with van der Waals surface area (Å²) >= 11 is 0. The van der Waals surface area contributed by atoms with Gasteiger partial charge in [0.15, 0.2) is 5.34 Å². The second-order valence-corrected chi connectivity index (χ2v) is 0.963. The first-order valence-corrected chi connectivity index (χ1v) is 1.57. The van der Waals surface area contributed by atoms with Crippen molar-refractivity contribution in [2.24, 2.45) is 5.34 Å². The largest absolute Gasteiger partial charge is 0.425 e. The van der Waals surface area contributed by atoms with Crippen molar-refractivity contribution in [1.29, 1.82) is 0 Å². The minimum Gasteiger partial charge on any atom is -0.354 e. The Kier molecular flexibility index (Phi) is 2.23. The van der Waals surface area contributed by atoms with Crippen LogP contribution in [0.15, 0.2) is 5.34 Å². The molecule has 0 N–H and O–H groups in total. The molecule has 0 aromatic carbocycles. The number of rotatable bonds is 2. The van der Waals surface area contributed by atoms with Crippen LogP contribution in [0.4, 0.5) is 13.2 Å². The first kappa shape index (κ1) is 7.19. The van der Waals surface area contributed by atoms with Gasteiger partial charge in [-0.15, -0.1) is 4.91 Å². The van der Waals surface area contributed by atoms with Crippen LogP contribution < -0.4 is 0 Å². The first-order valence-electron chi connectivity index (χ1n) is 1.57. The standard InChI is InChI=1S/C2H2F3NO2/c3-2(4,5)1-8-6-7/h1H2. The number of hydrogen-bond donors (Lipinski definition) is 0. The minimum absolute atomic E-state index is 1.55. The summed E-state index contributed by atoms with van der Waals surface area (Å²) in [7, 11) is 0. The lowest BCUT2D eigenvalue weighted by Crippen LogP contribution is -2.14. The van der Waals surface area contributed by atoms with Gasteiger partial charge in [0.25, 0.3) is 0 Å². The van der Waals surface area contributed by atoms with Gasteiger partial charge in [0.05, 0.1) is 0 Å². The van der Waals surface area contributed by atoms with Crippen LogP contribution in [0, 0.1) is 4.91 Å². The summed E-state index contributed by atoms with van der Waals surface area (Å²) < 4.78 is 32.8. The number of hydrogen-bond acceptors (Lipinski definition) is 3. The van der Waals surface area contributed by atoms with Gasteiger partial charge in [0.1, 0.15) is 0 Å². The van der Waals surface area contributed by atoms with E-state index in [9.17, 15) is 13.2 Å². The summed E-state index contributed by atoms with van der Waals surface area (Å²) in [5, 5.41) is 1.55. The maximum absolute atomic E-state index is 10.9. The highest BCUT2D eigenvalue weighted by atomic mass is 19.4. The predicted octanol–water partition coefficient (Wildman–Crippen LogP) is 1.25. The molecule has 0 rings (SSSR count). The molecule has 0 heterocycles. The summed E-state index contributed by atoms with van der Waals surface area (Å²) in [5.74, 6) is 0. The Labute approximate surface area is 42.4 Å². The van der Waals surface area contributed by atoms with E-state index in [2.05, 4.69) is 4.84 Å². The Morgan fingerprint density at radius 1 is 1.50 bits per heavy atom. The fourth-order valence-electron chi connectivity index (χ4n) is 0.0995. The van der Waals surface area contributed by atoms with E-state index in [1.54, 1.807) is 5.34 Å². The topological polar surface area (TPSA) is 38.7 Å². The highest BCUT2D eigenvalue weighted by Gasteiger charge is 2.28. The van der Waals surface area contributed by atoms with Crippen LogP contribution in [0.25, 0.3) is 0 Å². The molecule has 0 aliphatic rings. The van der Waals surface area contributed by atoms with E-state index in [4.69, 9.17) is 4.91 Å². The summed E-state index contributed by atoms with van der Waals surface area (Å²) in [6.07, 6.45) is -4.46. The molecule has 0 amide bonds. The van der Waals surface area contributed by atoms with Crippen LogP contribution in [0.5, 0.6) is 0 Å². The zero-order chi connectivity index (χ0) is 6.62. The van der Waals surface area contributed by atoms with Crippen LogP contribution in [-0.2, 0) is 4.84 Å². The molecule has 0 unspecified atom stereocenters. The Hall–Kier alpha value is -0.810. The molecule has 0 aromatic heterocycles. The predicted molar refractivity (Wildman–Crippen MR) is 17.8 cm³/mol. The molecular weight excluding hydrogens is 127 g/mol. The molecule has 0 spiro atoms. The molecule has 0 fully saturated rings. The van der Waals surface area contributed by atoms with Crippen molar-refractivity contribution >= 4 is 0 Å². The second kappa shape index (κ2) is 2.49. The summed E-state index contributed by atoms with van der Waals surface area (Å²) in [5.41, 5.74) is 0. The monoisotopic (exact) mass is 129 g/mol. The van der Waals surface area contributed by atoms with Crippen LogP contribution in [0.3, 0.4) is 0 Å². The molecule has 0 aromatic rings. The van der Waals surface area contributed by atoms with Gasteiger partial charge in [-0.05, 0) is 0 Å². The molecule has 0 saturated carbocycles. The molecule has 3 nitrogen and oxygen atoms in total. The number of alkyl halides is 3. The second-order valence-electron chi connectivity index (χ2n) is 0.963. The summed E-state index contributed by atoms with van der Waals surface area (Å²) in [6.45, 7) is -1.61. The van der Waals surface area contributed by atoms with Crippen molar-refractivity contribution in [3.05, 3.63) is 4.91 Å². The fourth-order valence-corrected chi connectivity index (χ4v) is 0.0995. The highest BCUT2D eigenvalue weighted by molar-refractivity contribution is 4.42. The van der Waals surface area contributed by atoms with Gasteiger partial charge >= 0.3 is 6.18 Å². The Morgan fingerprint density at radius 3 is 2.12 bits per heavy atom. The lowest BCUT2D eigenvalue weighted by Gasteiger charge is -1.99. The third kappa shape index (κ3) is 5.19. The van der Waals surface area contributed by atoms with Crippen molar-refractivity contribution < 1.29 is 18.0 Å². The third-order valence-corrected chi connectivity index (χ3v) is 0.281. The maximum Gasteiger partial charge on any atom is 0.425 e. The SMILES string of the molecule is O=NOCC(F)(F)F. The van der Waals surface area contributed by atoms with Gasteiger partial charge < -0.3 is 4.84 Å². The van der Waals surface area contributed by atoms with E-state index in [0.29, 0.717) is 0 Å². The van der Waals surface area contributed by atoms with Crippen molar-refractivity contribution in [3.8, 4) is 0 Å². The van der Waals surface area contributed by atoms with Gasteiger partial charge in [-0.3, -0.25) is 0 Å². The van der Waals surface area contributed by atoms with Crippen LogP contribution in [-0.4, -0.2) is 12.8 Å². The Bertz CT molecular complexity index is 79.8. The molecule has 0 saturated heterocycles. The maximum atomic E-state index is 10.9. The molecule has 6 heteroatoms. The van der Waals surface area contributed by atoms with Crippen molar-refractivity contribution in [3.63, 3.8) is 0 Å². The lowest BCUT2D eigenvalue weighted by molar-refractivity contribution is -0.174. The lowest BCUT2D eigenvalue weighted by atomic mass is 10.7. The Balaban J connectivity index is 3.24. The zero-order valence-electron chi connectivity index (χ0n) is 3.60. The fraction of sp³-hybridized carbons (Fsp3) is 1.00. The van der Waals surface area contributed by atoms with Gasteiger partial charge in [-0.25, -0.2) is 0 Å². The molecule has 0 atom stereocenters. The van der Waals surface area contributed by atoms with Crippen molar-refractivity contribution in [2.75, 3.05) is 6.61 Å². The Morgan fingerprint density at radius 2 is 2.00 bits per heavy atom. The van der Waals surface area contributed by atoms with Crippen LogP contribution >= 0.6 is 0 Å². The molecular formula is C2H2F3NO2. The van der Waals surface area contributed by atoms with Gasteiger partial charge in [0.2, 0.25) is 6.61 Å². The highest BCUT2D eigenvalue weighted by Crippen LogP contribution is 2.13. The molecule has 0 radical (unpaired) electrons.